The Labute approximate surface area is 138 Å². The average molecular weight is 361 g/mol. The Hall–Kier alpha value is -2.27. The van der Waals surface area contributed by atoms with Crippen LogP contribution in [0.3, 0.4) is 0 Å². The van der Waals surface area contributed by atoms with Crippen LogP contribution in [0.5, 0.6) is 5.75 Å². The highest BCUT2D eigenvalue weighted by atomic mass is 79.9. The van der Waals surface area contributed by atoms with Crippen molar-refractivity contribution in [1.29, 1.82) is 0 Å². The molecule has 22 heavy (non-hydrogen) atoms. The van der Waals surface area contributed by atoms with E-state index in [1.54, 1.807) is 13.3 Å². The molecule has 0 saturated heterocycles. The second-order valence-electron chi connectivity index (χ2n) is 4.56. The van der Waals surface area contributed by atoms with E-state index in [0.29, 0.717) is 6.54 Å². The molecule has 2 amide bonds. The molecule has 0 saturated carbocycles. The Kier molecular flexibility index (Phi) is 6.03. The summed E-state index contributed by atoms with van der Waals surface area (Å²) in [5, 5.41) is 5.46. The topological polar surface area (TPSA) is 50.4 Å². The van der Waals surface area contributed by atoms with Gasteiger partial charge < -0.3 is 15.4 Å². The summed E-state index contributed by atoms with van der Waals surface area (Å²) >= 11 is 3.40. The highest BCUT2D eigenvalue weighted by Gasteiger charge is 1.98. The fraction of sp³-hybridized carbons (Fsp3) is 0.118. The number of hydrogen-bond acceptors (Lipinski definition) is 2. The molecule has 0 heterocycles. The van der Waals surface area contributed by atoms with E-state index in [-0.39, 0.29) is 6.03 Å². The Morgan fingerprint density at radius 2 is 2.00 bits per heavy atom. The van der Waals surface area contributed by atoms with Crippen LogP contribution in [0.4, 0.5) is 4.79 Å². The minimum atomic E-state index is -0.246. The molecule has 4 nitrogen and oxygen atoms in total. The summed E-state index contributed by atoms with van der Waals surface area (Å²) in [7, 11) is 1.63. The summed E-state index contributed by atoms with van der Waals surface area (Å²) in [5.41, 5.74) is 2.01. The third kappa shape index (κ3) is 5.26. The lowest BCUT2D eigenvalue weighted by molar-refractivity contribution is 0.244. The molecule has 0 aliphatic carbocycles. The van der Waals surface area contributed by atoms with Crippen molar-refractivity contribution >= 4 is 28.0 Å². The number of hydrogen-bond donors (Lipinski definition) is 2. The van der Waals surface area contributed by atoms with Crippen molar-refractivity contribution in [1.82, 2.24) is 10.6 Å². The highest BCUT2D eigenvalue weighted by Crippen LogP contribution is 2.12. The third-order valence-electron chi connectivity index (χ3n) is 2.95. The monoisotopic (exact) mass is 360 g/mol. The number of ether oxygens (including phenoxy) is 1. The van der Waals surface area contributed by atoms with Crippen molar-refractivity contribution in [2.45, 2.75) is 6.54 Å². The summed E-state index contributed by atoms with van der Waals surface area (Å²) < 4.78 is 6.08. The zero-order chi connectivity index (χ0) is 15.8. The van der Waals surface area contributed by atoms with Gasteiger partial charge in [-0.15, -0.1) is 0 Å². The van der Waals surface area contributed by atoms with E-state index in [1.165, 1.54) is 0 Å². The van der Waals surface area contributed by atoms with Crippen LogP contribution >= 0.6 is 15.9 Å². The molecule has 0 unspecified atom stereocenters. The van der Waals surface area contributed by atoms with E-state index >= 15 is 0 Å². The molecule has 0 spiro atoms. The van der Waals surface area contributed by atoms with Crippen molar-refractivity contribution in [3.05, 3.63) is 70.3 Å². The van der Waals surface area contributed by atoms with Gasteiger partial charge in [-0.2, -0.15) is 0 Å². The molecular formula is C17H17BrN2O2. The summed E-state index contributed by atoms with van der Waals surface area (Å²) in [6.45, 7) is 0.474. The van der Waals surface area contributed by atoms with Crippen LogP contribution in [0.2, 0.25) is 0 Å². The molecule has 2 rings (SSSR count). The Bertz CT molecular complexity index is 654. The quantitative estimate of drug-likeness (QED) is 0.848. The maximum absolute atomic E-state index is 11.7. The van der Waals surface area contributed by atoms with Crippen molar-refractivity contribution in [3.8, 4) is 5.75 Å². The largest absolute Gasteiger partial charge is 0.497 e. The zero-order valence-electron chi connectivity index (χ0n) is 12.2. The third-order valence-corrected chi connectivity index (χ3v) is 3.44. The van der Waals surface area contributed by atoms with Gasteiger partial charge >= 0.3 is 6.03 Å². The molecule has 0 atom stereocenters. The number of rotatable bonds is 5. The fourth-order valence-electron chi connectivity index (χ4n) is 1.81. The second kappa shape index (κ2) is 8.24. The molecule has 5 heteroatoms. The minimum Gasteiger partial charge on any atom is -0.497 e. The fourth-order valence-corrected chi connectivity index (χ4v) is 2.26. The van der Waals surface area contributed by atoms with Crippen LogP contribution in [0.25, 0.3) is 6.08 Å². The van der Waals surface area contributed by atoms with Gasteiger partial charge in [0.2, 0.25) is 0 Å². The SMILES string of the molecule is COc1ccc(/C=C/NC(=O)NCc2cccc(Br)c2)cc1. The maximum atomic E-state index is 11.7. The Morgan fingerprint density at radius 1 is 1.23 bits per heavy atom. The first-order chi connectivity index (χ1) is 10.7. The van der Waals surface area contributed by atoms with Gasteiger partial charge in [0.15, 0.2) is 0 Å². The van der Waals surface area contributed by atoms with E-state index in [9.17, 15) is 4.79 Å². The molecule has 2 aromatic carbocycles. The zero-order valence-corrected chi connectivity index (χ0v) is 13.8. The predicted molar refractivity (Wildman–Crippen MR) is 91.5 cm³/mol. The van der Waals surface area contributed by atoms with Crippen LogP contribution in [-0.4, -0.2) is 13.1 Å². The average Bonchev–Trinajstić information content (AvgIpc) is 2.54. The lowest BCUT2D eigenvalue weighted by Crippen LogP contribution is -2.31. The highest BCUT2D eigenvalue weighted by molar-refractivity contribution is 9.10. The number of nitrogens with one attached hydrogen (secondary N) is 2. The number of carbonyl (C=O) groups excluding carboxylic acids is 1. The van der Waals surface area contributed by atoms with Gasteiger partial charge in [-0.3, -0.25) is 0 Å². The number of amides is 2. The smallest absolute Gasteiger partial charge is 0.319 e. The molecule has 114 valence electrons. The van der Waals surface area contributed by atoms with Crippen molar-refractivity contribution in [2.75, 3.05) is 7.11 Å². The molecular weight excluding hydrogens is 344 g/mol. The van der Waals surface area contributed by atoms with Gasteiger partial charge in [0, 0.05) is 17.2 Å². The van der Waals surface area contributed by atoms with Crippen LogP contribution in [0, 0.1) is 0 Å². The first-order valence-corrected chi connectivity index (χ1v) is 7.56. The van der Waals surface area contributed by atoms with E-state index in [2.05, 4.69) is 26.6 Å². The van der Waals surface area contributed by atoms with Crippen molar-refractivity contribution < 1.29 is 9.53 Å². The van der Waals surface area contributed by atoms with Crippen LogP contribution in [-0.2, 0) is 6.54 Å². The van der Waals surface area contributed by atoms with Gasteiger partial charge in [0.25, 0.3) is 0 Å². The summed E-state index contributed by atoms with van der Waals surface area (Å²) in [4.78, 5) is 11.7. The molecule has 0 bridgehead atoms. The molecule has 2 aromatic rings. The number of carbonyl (C=O) groups is 1. The van der Waals surface area contributed by atoms with Gasteiger partial charge in [-0.25, -0.2) is 4.79 Å². The van der Waals surface area contributed by atoms with E-state index in [4.69, 9.17) is 4.74 Å². The Balaban J connectivity index is 1.78. The molecule has 0 fully saturated rings. The van der Waals surface area contributed by atoms with Crippen molar-refractivity contribution in [3.63, 3.8) is 0 Å². The van der Waals surface area contributed by atoms with E-state index < -0.39 is 0 Å². The number of urea groups is 1. The van der Waals surface area contributed by atoms with Gasteiger partial charge in [0.05, 0.1) is 7.11 Å². The van der Waals surface area contributed by atoms with Gasteiger partial charge in [-0.1, -0.05) is 40.2 Å². The first-order valence-electron chi connectivity index (χ1n) is 6.77. The summed E-state index contributed by atoms with van der Waals surface area (Å²) in [6.07, 6.45) is 3.43. The summed E-state index contributed by atoms with van der Waals surface area (Å²) in [5.74, 6) is 0.803. The lowest BCUT2D eigenvalue weighted by atomic mass is 10.2. The van der Waals surface area contributed by atoms with Crippen LogP contribution in [0.1, 0.15) is 11.1 Å². The maximum Gasteiger partial charge on any atom is 0.319 e. The first kappa shape index (κ1) is 16.1. The number of halogens is 1. The van der Waals surface area contributed by atoms with Gasteiger partial charge in [0.1, 0.15) is 5.75 Å². The summed E-state index contributed by atoms with van der Waals surface area (Å²) in [6, 6.07) is 15.1. The lowest BCUT2D eigenvalue weighted by Gasteiger charge is -2.05. The molecule has 2 N–H and O–H groups in total. The van der Waals surface area contributed by atoms with E-state index in [0.717, 1.165) is 21.3 Å². The second-order valence-corrected chi connectivity index (χ2v) is 5.48. The van der Waals surface area contributed by atoms with Crippen LogP contribution < -0.4 is 15.4 Å². The Morgan fingerprint density at radius 3 is 2.68 bits per heavy atom. The number of benzene rings is 2. The minimum absolute atomic E-state index is 0.246. The molecule has 0 aliphatic rings. The molecule has 0 aromatic heterocycles. The normalized spacial score (nSPS) is 10.5. The predicted octanol–water partition coefficient (Wildman–Crippen LogP) is 3.93. The molecule has 0 aliphatic heterocycles. The van der Waals surface area contributed by atoms with E-state index in [1.807, 2.05) is 54.6 Å². The van der Waals surface area contributed by atoms with Crippen molar-refractivity contribution in [2.24, 2.45) is 0 Å². The number of methoxy groups -OCH3 is 1. The molecule has 0 radical (unpaired) electrons. The standard InChI is InChI=1S/C17H17BrN2O2/c1-22-16-7-5-13(6-8-16)9-10-19-17(21)20-12-14-3-2-4-15(18)11-14/h2-11H,12H2,1H3,(H2,19,20,21)/b10-9+. The van der Waals surface area contributed by atoms with Crippen LogP contribution in [0.15, 0.2) is 59.2 Å². The van der Waals surface area contributed by atoms with Gasteiger partial charge in [-0.05, 0) is 41.5 Å².